The molecular weight excluding hydrogens is 336 g/mol. The number of nitrogens with one attached hydrogen (secondary N) is 1. The number of ether oxygens (including phenoxy) is 1. The molecule has 27 heavy (non-hydrogen) atoms. The first-order chi connectivity index (χ1) is 13.0. The Kier molecular flexibility index (Phi) is 6.38. The molecule has 0 aliphatic carbocycles. The zero-order valence-electron chi connectivity index (χ0n) is 16.6. The van der Waals surface area contributed by atoms with E-state index in [4.69, 9.17) is 4.74 Å². The smallest absolute Gasteiger partial charge is 0.260 e. The van der Waals surface area contributed by atoms with Crippen molar-refractivity contribution in [3.8, 4) is 5.75 Å². The molecule has 1 N–H and O–H groups in total. The molecule has 4 heteroatoms. The van der Waals surface area contributed by atoms with Gasteiger partial charge in [-0.15, -0.1) is 0 Å². The van der Waals surface area contributed by atoms with Crippen LogP contribution in [0.2, 0.25) is 0 Å². The van der Waals surface area contributed by atoms with Gasteiger partial charge in [0.25, 0.3) is 5.91 Å². The van der Waals surface area contributed by atoms with Crippen molar-refractivity contribution in [1.82, 2.24) is 5.32 Å². The highest BCUT2D eigenvalue weighted by Gasteiger charge is 2.17. The minimum atomic E-state index is -0.499. The number of hydrogen-bond acceptors (Lipinski definition) is 3. The number of aryl methyl sites for hydroxylation is 3. The van der Waals surface area contributed by atoms with E-state index in [0.717, 1.165) is 42.8 Å². The first-order valence-electron chi connectivity index (χ1n) is 9.89. The van der Waals surface area contributed by atoms with Crippen molar-refractivity contribution in [1.29, 1.82) is 0 Å². The molecule has 0 saturated heterocycles. The average Bonchev–Trinajstić information content (AvgIpc) is 2.68. The van der Waals surface area contributed by atoms with Gasteiger partial charge >= 0.3 is 0 Å². The van der Waals surface area contributed by atoms with Gasteiger partial charge in [0.2, 0.25) is 0 Å². The molecule has 2 aromatic carbocycles. The minimum absolute atomic E-state index is 0.0602. The van der Waals surface area contributed by atoms with Crippen molar-refractivity contribution in [3.63, 3.8) is 0 Å². The van der Waals surface area contributed by atoms with Gasteiger partial charge in [-0.2, -0.15) is 0 Å². The number of benzene rings is 2. The van der Waals surface area contributed by atoms with Crippen LogP contribution in [0.3, 0.4) is 0 Å². The molecule has 1 atom stereocenters. The molecule has 4 nitrogen and oxygen atoms in total. The second-order valence-electron chi connectivity index (χ2n) is 7.39. The lowest BCUT2D eigenvalue weighted by molar-refractivity contribution is -0.127. The number of carbonyl (C=O) groups excluding carboxylic acids is 1. The minimum Gasteiger partial charge on any atom is -0.481 e. The molecule has 1 aliphatic rings. The van der Waals surface area contributed by atoms with Gasteiger partial charge in [-0.3, -0.25) is 4.79 Å². The van der Waals surface area contributed by atoms with Crippen LogP contribution in [0.1, 0.15) is 36.5 Å². The fourth-order valence-corrected chi connectivity index (χ4v) is 3.55. The SMILES string of the molecule is Cc1ccc(C)c(O[C@H](C)C(=O)NCCCN2CCCc3ccccc32)c1. The molecule has 0 bridgehead atoms. The molecule has 0 unspecified atom stereocenters. The molecule has 2 aromatic rings. The molecule has 1 aliphatic heterocycles. The van der Waals surface area contributed by atoms with Crippen molar-refractivity contribution >= 4 is 11.6 Å². The number of fused-ring (bicyclic) bond motifs is 1. The molecule has 0 saturated carbocycles. The fourth-order valence-electron chi connectivity index (χ4n) is 3.55. The molecule has 144 valence electrons. The zero-order chi connectivity index (χ0) is 19.2. The second kappa shape index (κ2) is 8.94. The lowest BCUT2D eigenvalue weighted by atomic mass is 10.0. The molecule has 0 spiro atoms. The van der Waals surface area contributed by atoms with Crippen molar-refractivity contribution in [2.24, 2.45) is 0 Å². The van der Waals surface area contributed by atoms with E-state index in [0.29, 0.717) is 6.54 Å². The quantitative estimate of drug-likeness (QED) is 0.752. The third-order valence-electron chi connectivity index (χ3n) is 5.13. The maximum Gasteiger partial charge on any atom is 0.260 e. The summed E-state index contributed by atoms with van der Waals surface area (Å²) in [6.07, 6.45) is 2.79. The Hall–Kier alpha value is -2.49. The van der Waals surface area contributed by atoms with Crippen LogP contribution in [-0.2, 0) is 11.2 Å². The van der Waals surface area contributed by atoms with Crippen LogP contribution in [-0.4, -0.2) is 31.6 Å². The van der Waals surface area contributed by atoms with Gasteiger partial charge in [-0.25, -0.2) is 0 Å². The lowest BCUT2D eigenvalue weighted by Gasteiger charge is -2.31. The summed E-state index contributed by atoms with van der Waals surface area (Å²) in [6.45, 7) is 8.54. The highest BCUT2D eigenvalue weighted by Crippen LogP contribution is 2.26. The summed E-state index contributed by atoms with van der Waals surface area (Å²) in [5, 5.41) is 3.01. The van der Waals surface area contributed by atoms with Crippen LogP contribution >= 0.6 is 0 Å². The molecule has 0 aromatic heterocycles. The van der Waals surface area contributed by atoms with Crippen LogP contribution < -0.4 is 15.0 Å². The molecule has 0 radical (unpaired) electrons. The van der Waals surface area contributed by atoms with Crippen molar-refractivity contribution in [2.45, 2.75) is 46.1 Å². The Morgan fingerprint density at radius 1 is 1.22 bits per heavy atom. The average molecular weight is 367 g/mol. The summed E-state index contributed by atoms with van der Waals surface area (Å²) < 4.78 is 5.86. The standard InChI is InChI=1S/C23H30N2O2/c1-17-11-12-18(2)22(16-17)27-19(3)23(26)24-13-7-15-25-14-6-9-20-8-4-5-10-21(20)25/h4-5,8,10-12,16,19H,6-7,9,13-15H2,1-3H3,(H,24,26)/t19-/m1/s1. The second-order valence-corrected chi connectivity index (χ2v) is 7.39. The van der Waals surface area contributed by atoms with Gasteiger partial charge in [0.05, 0.1) is 0 Å². The summed E-state index contributed by atoms with van der Waals surface area (Å²) in [7, 11) is 0. The van der Waals surface area contributed by atoms with Crippen LogP contribution in [0.5, 0.6) is 5.75 Å². The summed E-state index contributed by atoms with van der Waals surface area (Å²) in [6, 6.07) is 14.7. The largest absolute Gasteiger partial charge is 0.481 e. The predicted octanol–water partition coefficient (Wildman–Crippen LogP) is 4.03. The van der Waals surface area contributed by atoms with Crippen LogP contribution in [0.25, 0.3) is 0 Å². The number of amides is 1. The zero-order valence-corrected chi connectivity index (χ0v) is 16.6. The van der Waals surface area contributed by atoms with E-state index < -0.39 is 6.10 Å². The number of hydrogen-bond donors (Lipinski definition) is 1. The van der Waals surface area contributed by atoms with E-state index in [-0.39, 0.29) is 5.91 Å². The highest BCUT2D eigenvalue weighted by molar-refractivity contribution is 5.80. The molecule has 0 fully saturated rings. The Morgan fingerprint density at radius 2 is 2.04 bits per heavy atom. The lowest BCUT2D eigenvalue weighted by Crippen LogP contribution is -2.38. The van der Waals surface area contributed by atoms with E-state index in [2.05, 4.69) is 34.5 Å². The van der Waals surface area contributed by atoms with E-state index in [1.807, 2.05) is 32.0 Å². The highest BCUT2D eigenvalue weighted by atomic mass is 16.5. The summed E-state index contributed by atoms with van der Waals surface area (Å²) in [5.74, 6) is 0.720. The van der Waals surface area contributed by atoms with Gasteiger partial charge < -0.3 is 15.0 Å². The first kappa shape index (κ1) is 19.3. The van der Waals surface area contributed by atoms with E-state index in [9.17, 15) is 4.79 Å². The Morgan fingerprint density at radius 3 is 2.89 bits per heavy atom. The maximum absolute atomic E-state index is 12.3. The Bertz CT molecular complexity index is 788. The molecule has 1 amide bonds. The fraction of sp³-hybridized carbons (Fsp3) is 0.435. The normalized spacial score (nSPS) is 14.4. The number of rotatable bonds is 7. The third-order valence-corrected chi connectivity index (χ3v) is 5.13. The number of para-hydroxylation sites is 1. The Labute approximate surface area is 162 Å². The van der Waals surface area contributed by atoms with E-state index in [1.165, 1.54) is 17.7 Å². The molecule has 1 heterocycles. The van der Waals surface area contributed by atoms with Gasteiger partial charge in [-0.05, 0) is 68.9 Å². The maximum atomic E-state index is 12.3. The molecule has 3 rings (SSSR count). The number of anilines is 1. The van der Waals surface area contributed by atoms with Crippen LogP contribution in [0.4, 0.5) is 5.69 Å². The first-order valence-corrected chi connectivity index (χ1v) is 9.89. The monoisotopic (exact) mass is 366 g/mol. The van der Waals surface area contributed by atoms with Crippen LogP contribution in [0, 0.1) is 13.8 Å². The molecular formula is C23H30N2O2. The Balaban J connectivity index is 1.44. The third kappa shape index (κ3) is 5.03. The predicted molar refractivity (Wildman–Crippen MR) is 111 cm³/mol. The summed E-state index contributed by atoms with van der Waals surface area (Å²) in [4.78, 5) is 14.8. The topological polar surface area (TPSA) is 41.6 Å². The van der Waals surface area contributed by atoms with Gasteiger partial charge in [0, 0.05) is 25.3 Å². The van der Waals surface area contributed by atoms with Gasteiger partial charge in [-0.1, -0.05) is 30.3 Å². The van der Waals surface area contributed by atoms with Crippen molar-refractivity contribution < 1.29 is 9.53 Å². The summed E-state index contributed by atoms with van der Waals surface area (Å²) >= 11 is 0. The van der Waals surface area contributed by atoms with Gasteiger partial charge in [0.15, 0.2) is 6.10 Å². The van der Waals surface area contributed by atoms with E-state index >= 15 is 0 Å². The van der Waals surface area contributed by atoms with E-state index in [1.54, 1.807) is 6.92 Å². The number of carbonyl (C=O) groups is 1. The summed E-state index contributed by atoms with van der Waals surface area (Å²) in [5.41, 5.74) is 4.96. The van der Waals surface area contributed by atoms with Crippen LogP contribution in [0.15, 0.2) is 42.5 Å². The van der Waals surface area contributed by atoms with Gasteiger partial charge in [0.1, 0.15) is 5.75 Å². The van der Waals surface area contributed by atoms with Crippen molar-refractivity contribution in [3.05, 3.63) is 59.2 Å². The van der Waals surface area contributed by atoms with Crippen molar-refractivity contribution in [2.75, 3.05) is 24.5 Å². The number of nitrogens with zero attached hydrogens (tertiary/aromatic N) is 1.